The number of rotatable bonds is 5. The van der Waals surface area contributed by atoms with Crippen LogP contribution in [-0.4, -0.2) is 67.1 Å². The van der Waals surface area contributed by atoms with E-state index in [0.29, 0.717) is 0 Å². The molecule has 0 saturated carbocycles. The molecular formula is C10H14F3NO5. The first kappa shape index (κ1) is 15.7. The molecule has 1 heterocycles. The number of carboxylic acid groups (broad SMARTS) is 1. The van der Waals surface area contributed by atoms with Gasteiger partial charge >= 0.3 is 12.1 Å². The maximum absolute atomic E-state index is 11.8. The third-order valence-electron chi connectivity index (χ3n) is 2.69. The fourth-order valence-electron chi connectivity index (χ4n) is 1.81. The van der Waals surface area contributed by atoms with E-state index in [4.69, 9.17) is 9.84 Å². The number of aliphatic carboxylic acids is 1. The average Bonchev–Trinajstić information content (AvgIpc) is 2.71. The molecule has 0 aromatic rings. The van der Waals surface area contributed by atoms with Gasteiger partial charge in [0.2, 0.25) is 5.91 Å². The third-order valence-corrected chi connectivity index (χ3v) is 2.69. The Kier molecular flexibility index (Phi) is 5.12. The molecule has 19 heavy (non-hydrogen) atoms. The number of hydrogen-bond acceptors (Lipinski definition) is 4. The highest BCUT2D eigenvalue weighted by atomic mass is 19.4. The Balaban J connectivity index is 2.52. The quantitative estimate of drug-likeness (QED) is 0.784. The molecule has 1 aliphatic rings. The van der Waals surface area contributed by atoms with Crippen LogP contribution in [-0.2, 0) is 19.1 Å². The number of carbonyl (C=O) groups excluding carboxylic acids is 1. The fraction of sp³-hybridized carbons (Fsp3) is 0.800. The lowest BCUT2D eigenvalue weighted by Gasteiger charge is -2.21. The van der Waals surface area contributed by atoms with E-state index < -0.39 is 43.4 Å². The van der Waals surface area contributed by atoms with Crippen molar-refractivity contribution in [3.8, 4) is 0 Å². The lowest BCUT2D eigenvalue weighted by Crippen LogP contribution is -2.42. The van der Waals surface area contributed by atoms with Crippen LogP contribution in [0.5, 0.6) is 0 Å². The number of carbonyl (C=O) groups is 2. The van der Waals surface area contributed by atoms with Crippen molar-refractivity contribution in [2.45, 2.75) is 24.7 Å². The summed E-state index contributed by atoms with van der Waals surface area (Å²) in [6.07, 6.45) is -4.85. The molecule has 2 atom stereocenters. The first-order valence-electron chi connectivity index (χ1n) is 5.44. The molecule has 0 aromatic carbocycles. The SMILES string of the molecule is COC1CC(C(=O)O)N(C(=O)COCC(F)(F)F)C1. The minimum atomic E-state index is -4.52. The second kappa shape index (κ2) is 6.20. The summed E-state index contributed by atoms with van der Waals surface area (Å²) in [5.41, 5.74) is 0. The van der Waals surface area contributed by atoms with Gasteiger partial charge in [-0.05, 0) is 0 Å². The molecule has 1 fully saturated rings. The van der Waals surface area contributed by atoms with Gasteiger partial charge < -0.3 is 19.5 Å². The Morgan fingerprint density at radius 1 is 1.42 bits per heavy atom. The summed E-state index contributed by atoms with van der Waals surface area (Å²) in [4.78, 5) is 23.5. The van der Waals surface area contributed by atoms with Gasteiger partial charge in [0.15, 0.2) is 0 Å². The summed E-state index contributed by atoms with van der Waals surface area (Å²) in [5.74, 6) is -2.01. The van der Waals surface area contributed by atoms with Crippen LogP contribution < -0.4 is 0 Å². The van der Waals surface area contributed by atoms with Crippen molar-refractivity contribution in [3.05, 3.63) is 0 Å². The molecular weight excluding hydrogens is 271 g/mol. The van der Waals surface area contributed by atoms with E-state index in [2.05, 4.69) is 4.74 Å². The predicted octanol–water partition coefficient (Wildman–Crippen LogP) is 0.266. The van der Waals surface area contributed by atoms with Gasteiger partial charge in [0.1, 0.15) is 19.3 Å². The maximum atomic E-state index is 11.8. The molecule has 0 spiro atoms. The van der Waals surface area contributed by atoms with E-state index in [-0.39, 0.29) is 13.0 Å². The number of carboxylic acids is 1. The van der Waals surface area contributed by atoms with Gasteiger partial charge in [-0.3, -0.25) is 4.79 Å². The second-order valence-electron chi connectivity index (χ2n) is 4.10. The lowest BCUT2D eigenvalue weighted by molar-refractivity contribution is -0.178. The summed E-state index contributed by atoms with van der Waals surface area (Å²) in [7, 11) is 1.37. The van der Waals surface area contributed by atoms with Crippen molar-refractivity contribution >= 4 is 11.9 Å². The molecule has 1 N–H and O–H groups in total. The van der Waals surface area contributed by atoms with Crippen molar-refractivity contribution < 1.29 is 37.3 Å². The van der Waals surface area contributed by atoms with Gasteiger partial charge in [-0.15, -0.1) is 0 Å². The van der Waals surface area contributed by atoms with Gasteiger partial charge in [0.25, 0.3) is 0 Å². The highest BCUT2D eigenvalue weighted by Crippen LogP contribution is 2.21. The minimum absolute atomic E-state index is 0.0294. The molecule has 0 radical (unpaired) electrons. The molecule has 9 heteroatoms. The van der Waals surface area contributed by atoms with Crippen LogP contribution in [0.1, 0.15) is 6.42 Å². The Labute approximate surface area is 107 Å². The Morgan fingerprint density at radius 3 is 2.53 bits per heavy atom. The van der Waals surface area contributed by atoms with Crippen LogP contribution in [0.4, 0.5) is 13.2 Å². The first-order chi connectivity index (χ1) is 8.74. The molecule has 6 nitrogen and oxygen atoms in total. The van der Waals surface area contributed by atoms with Crippen molar-refractivity contribution in [1.82, 2.24) is 4.90 Å². The molecule has 110 valence electrons. The van der Waals surface area contributed by atoms with Crippen molar-refractivity contribution in [3.63, 3.8) is 0 Å². The number of halogens is 3. The number of likely N-dealkylation sites (tertiary alicyclic amines) is 1. The van der Waals surface area contributed by atoms with E-state index in [1.807, 2.05) is 0 Å². The molecule has 1 amide bonds. The van der Waals surface area contributed by atoms with Gasteiger partial charge in [0.05, 0.1) is 6.10 Å². The topological polar surface area (TPSA) is 76.1 Å². The van der Waals surface area contributed by atoms with E-state index in [1.54, 1.807) is 0 Å². The third kappa shape index (κ3) is 4.67. The normalized spacial score (nSPS) is 23.7. The molecule has 0 aromatic heterocycles. The summed E-state index contributed by atoms with van der Waals surface area (Å²) >= 11 is 0. The Bertz CT molecular complexity index is 347. The number of methoxy groups -OCH3 is 1. The molecule has 0 aliphatic carbocycles. The number of amides is 1. The van der Waals surface area contributed by atoms with Crippen molar-refractivity contribution in [1.29, 1.82) is 0 Å². The first-order valence-corrected chi connectivity index (χ1v) is 5.44. The molecule has 2 unspecified atom stereocenters. The molecule has 1 aliphatic heterocycles. The molecule has 1 saturated heterocycles. The van der Waals surface area contributed by atoms with Crippen LogP contribution in [0.3, 0.4) is 0 Å². The summed E-state index contributed by atoms with van der Waals surface area (Å²) in [5, 5.41) is 8.93. The lowest BCUT2D eigenvalue weighted by atomic mass is 10.2. The number of hydrogen-bond donors (Lipinski definition) is 1. The van der Waals surface area contributed by atoms with Crippen LogP contribution in [0.25, 0.3) is 0 Å². The number of alkyl halides is 3. The van der Waals surface area contributed by atoms with Gasteiger partial charge in [-0.2, -0.15) is 13.2 Å². The average molecular weight is 285 g/mol. The van der Waals surface area contributed by atoms with Gasteiger partial charge in [-0.25, -0.2) is 4.79 Å². The standard InChI is InChI=1S/C10H14F3NO5/c1-18-6-2-7(9(16)17)14(3-6)8(15)4-19-5-10(11,12)13/h6-7H,2-5H2,1H3,(H,16,17). The zero-order valence-corrected chi connectivity index (χ0v) is 10.1. The monoisotopic (exact) mass is 285 g/mol. The van der Waals surface area contributed by atoms with Gasteiger partial charge in [-0.1, -0.05) is 0 Å². The summed E-state index contributed by atoms with van der Waals surface area (Å²) < 4.78 is 44.7. The van der Waals surface area contributed by atoms with Crippen LogP contribution in [0, 0.1) is 0 Å². The van der Waals surface area contributed by atoms with E-state index in [9.17, 15) is 22.8 Å². The minimum Gasteiger partial charge on any atom is -0.480 e. The van der Waals surface area contributed by atoms with Crippen LogP contribution in [0.2, 0.25) is 0 Å². The second-order valence-corrected chi connectivity index (χ2v) is 4.10. The van der Waals surface area contributed by atoms with Crippen LogP contribution >= 0.6 is 0 Å². The largest absolute Gasteiger partial charge is 0.480 e. The van der Waals surface area contributed by atoms with Crippen molar-refractivity contribution in [2.24, 2.45) is 0 Å². The van der Waals surface area contributed by atoms with E-state index >= 15 is 0 Å². The zero-order chi connectivity index (χ0) is 14.6. The maximum Gasteiger partial charge on any atom is 0.411 e. The zero-order valence-electron chi connectivity index (χ0n) is 10.1. The molecule has 0 bridgehead atoms. The van der Waals surface area contributed by atoms with Crippen molar-refractivity contribution in [2.75, 3.05) is 26.9 Å². The Hall–Kier alpha value is -1.35. The number of ether oxygens (including phenoxy) is 2. The summed E-state index contributed by atoms with van der Waals surface area (Å²) in [6.45, 7) is -2.32. The molecule has 1 rings (SSSR count). The van der Waals surface area contributed by atoms with E-state index in [1.165, 1.54) is 7.11 Å². The highest BCUT2D eigenvalue weighted by molar-refractivity contribution is 5.85. The highest BCUT2D eigenvalue weighted by Gasteiger charge is 2.40. The van der Waals surface area contributed by atoms with Crippen LogP contribution in [0.15, 0.2) is 0 Å². The fourth-order valence-corrected chi connectivity index (χ4v) is 1.81. The predicted molar refractivity (Wildman–Crippen MR) is 55.4 cm³/mol. The Morgan fingerprint density at radius 2 is 2.05 bits per heavy atom. The summed E-state index contributed by atoms with van der Waals surface area (Å²) in [6, 6.07) is -1.09. The van der Waals surface area contributed by atoms with E-state index in [0.717, 1.165) is 4.90 Å². The van der Waals surface area contributed by atoms with Gasteiger partial charge in [0, 0.05) is 20.1 Å². The number of nitrogens with zero attached hydrogens (tertiary/aromatic N) is 1. The smallest absolute Gasteiger partial charge is 0.411 e.